The van der Waals surface area contributed by atoms with Crippen LogP contribution >= 0.6 is 0 Å². The number of carbonyl (C=O) groups excluding carboxylic acids is 1. The molecule has 2 rings (SSSR count). The summed E-state index contributed by atoms with van der Waals surface area (Å²) in [6, 6.07) is 4.94. The van der Waals surface area contributed by atoms with E-state index in [1.807, 2.05) is 6.92 Å². The van der Waals surface area contributed by atoms with Crippen LogP contribution in [0.15, 0.2) is 18.2 Å². The fraction of sp³-hybridized carbons (Fsp3) is 0.556. The summed E-state index contributed by atoms with van der Waals surface area (Å²) in [7, 11) is 0. The molecule has 0 bridgehead atoms. The van der Waals surface area contributed by atoms with Crippen LogP contribution < -0.4 is 16.0 Å². The van der Waals surface area contributed by atoms with Crippen LogP contribution in [0.5, 0.6) is 0 Å². The number of benzene rings is 1. The molecule has 0 unspecified atom stereocenters. The van der Waals surface area contributed by atoms with Crippen LogP contribution in [-0.2, 0) is 4.74 Å². The Morgan fingerprint density at radius 1 is 1.16 bits per heavy atom. The molecule has 7 nitrogen and oxygen atoms in total. The van der Waals surface area contributed by atoms with Crippen LogP contribution in [0.25, 0.3) is 0 Å². The molecule has 25 heavy (non-hydrogen) atoms. The average Bonchev–Trinajstić information content (AvgIpc) is 2.38. The van der Waals surface area contributed by atoms with Gasteiger partial charge in [-0.1, -0.05) is 6.07 Å². The lowest BCUT2D eigenvalue weighted by atomic mass is 9.81. The monoisotopic (exact) mass is 349 g/mol. The molecule has 1 heterocycles. The molecule has 0 spiro atoms. The highest BCUT2D eigenvalue weighted by Gasteiger charge is 2.39. The van der Waals surface area contributed by atoms with E-state index in [1.54, 1.807) is 18.2 Å². The largest absolute Gasteiger partial charge is 0.465 e. The van der Waals surface area contributed by atoms with Crippen LogP contribution in [-0.4, -0.2) is 34.5 Å². The summed E-state index contributed by atoms with van der Waals surface area (Å²) in [5.74, 6) is 0. The molecule has 1 aliphatic heterocycles. The topological polar surface area (TPSA) is 99.7 Å². The van der Waals surface area contributed by atoms with Gasteiger partial charge in [-0.25, -0.2) is 9.59 Å². The van der Waals surface area contributed by atoms with Gasteiger partial charge in [0.2, 0.25) is 0 Å². The van der Waals surface area contributed by atoms with E-state index in [9.17, 15) is 9.59 Å². The molecular weight excluding hydrogens is 322 g/mol. The number of ether oxygens (including phenoxy) is 1. The zero-order chi connectivity index (χ0) is 18.8. The molecule has 4 N–H and O–H groups in total. The molecule has 2 amide bonds. The summed E-state index contributed by atoms with van der Waals surface area (Å²) < 4.78 is 5.62. The fourth-order valence-electron chi connectivity index (χ4n) is 3.56. The average molecular weight is 349 g/mol. The van der Waals surface area contributed by atoms with Gasteiger partial charge in [0, 0.05) is 35.3 Å². The zero-order valence-electron chi connectivity index (χ0n) is 15.4. The van der Waals surface area contributed by atoms with Crippen molar-refractivity contribution in [1.29, 1.82) is 0 Å². The number of carboxylic acid groups (broad SMARTS) is 1. The molecule has 1 fully saturated rings. The predicted molar refractivity (Wildman–Crippen MR) is 97.2 cm³/mol. The molecule has 0 saturated carbocycles. The van der Waals surface area contributed by atoms with E-state index in [0.717, 1.165) is 18.4 Å². The summed E-state index contributed by atoms with van der Waals surface area (Å²) in [6.07, 6.45) is -0.426. The Bertz CT molecular complexity index is 654. The molecule has 0 aliphatic carbocycles. The second-order valence-corrected chi connectivity index (χ2v) is 7.91. The second-order valence-electron chi connectivity index (χ2n) is 7.91. The van der Waals surface area contributed by atoms with E-state index in [0.29, 0.717) is 11.4 Å². The third-order valence-corrected chi connectivity index (χ3v) is 4.15. The van der Waals surface area contributed by atoms with Crippen molar-refractivity contribution in [1.82, 2.24) is 5.32 Å². The third kappa shape index (κ3) is 5.63. The zero-order valence-corrected chi connectivity index (χ0v) is 15.4. The van der Waals surface area contributed by atoms with Gasteiger partial charge in [0.1, 0.15) is 6.10 Å². The number of hydrogen-bond acceptors (Lipinski definition) is 4. The van der Waals surface area contributed by atoms with Gasteiger partial charge in [-0.2, -0.15) is 0 Å². The molecule has 1 aliphatic rings. The molecule has 7 heteroatoms. The molecule has 1 saturated heterocycles. The first kappa shape index (κ1) is 19.1. The number of amides is 2. The Morgan fingerprint density at radius 3 is 2.32 bits per heavy atom. The van der Waals surface area contributed by atoms with Gasteiger partial charge in [0.25, 0.3) is 0 Å². The van der Waals surface area contributed by atoms with Gasteiger partial charge in [0.15, 0.2) is 0 Å². The maximum atomic E-state index is 12.3. The van der Waals surface area contributed by atoms with E-state index in [4.69, 9.17) is 9.84 Å². The van der Waals surface area contributed by atoms with Crippen molar-refractivity contribution in [2.45, 2.75) is 64.6 Å². The maximum Gasteiger partial charge on any atom is 0.411 e. The third-order valence-electron chi connectivity index (χ3n) is 4.15. The number of hydrogen-bond donors (Lipinski definition) is 4. The van der Waals surface area contributed by atoms with Gasteiger partial charge in [0.05, 0.1) is 0 Å². The molecule has 0 aromatic heterocycles. The van der Waals surface area contributed by atoms with Gasteiger partial charge < -0.3 is 15.2 Å². The Balaban J connectivity index is 2.04. The SMILES string of the molecule is Cc1ccc(NC(=O)O)cc1NC(=O)OC1CC(C)(C)NC(C)(C)C1. The van der Waals surface area contributed by atoms with Gasteiger partial charge in [-0.05, 0) is 52.3 Å². The highest BCUT2D eigenvalue weighted by atomic mass is 16.6. The van der Waals surface area contributed by atoms with E-state index in [-0.39, 0.29) is 17.2 Å². The molecule has 1 aromatic rings. The maximum absolute atomic E-state index is 12.3. The smallest absolute Gasteiger partial charge is 0.411 e. The normalized spacial score (nSPS) is 19.1. The number of anilines is 2. The van der Waals surface area contributed by atoms with Crippen LogP contribution in [0.4, 0.5) is 21.0 Å². The molecule has 0 radical (unpaired) electrons. The number of piperidine rings is 1. The number of nitrogens with one attached hydrogen (secondary N) is 3. The molecule has 138 valence electrons. The van der Waals surface area contributed by atoms with Gasteiger partial charge in [-0.3, -0.25) is 10.6 Å². The lowest BCUT2D eigenvalue weighted by molar-refractivity contribution is 0.0256. The first-order valence-electron chi connectivity index (χ1n) is 8.33. The van der Waals surface area contributed by atoms with Gasteiger partial charge >= 0.3 is 12.2 Å². The van der Waals surface area contributed by atoms with E-state index < -0.39 is 12.2 Å². The quantitative estimate of drug-likeness (QED) is 0.662. The summed E-state index contributed by atoms with van der Waals surface area (Å²) >= 11 is 0. The summed E-state index contributed by atoms with van der Waals surface area (Å²) in [5, 5.41) is 17.3. The summed E-state index contributed by atoms with van der Waals surface area (Å²) in [5.41, 5.74) is 1.49. The minimum absolute atomic E-state index is 0.117. The highest BCUT2D eigenvalue weighted by Crippen LogP contribution is 2.30. The molecule has 0 atom stereocenters. The summed E-state index contributed by atoms with van der Waals surface area (Å²) in [6.45, 7) is 10.2. The number of rotatable bonds is 3. The van der Waals surface area contributed by atoms with Crippen molar-refractivity contribution in [3.05, 3.63) is 23.8 Å². The van der Waals surface area contributed by atoms with E-state index in [2.05, 4.69) is 43.6 Å². The van der Waals surface area contributed by atoms with Crippen LogP contribution in [0.3, 0.4) is 0 Å². The Kier molecular flexibility index (Phi) is 5.27. The Labute approximate surface area is 148 Å². The lowest BCUT2D eigenvalue weighted by Gasteiger charge is -2.45. The molecule has 1 aromatic carbocycles. The highest BCUT2D eigenvalue weighted by molar-refractivity contribution is 5.89. The summed E-state index contributed by atoms with van der Waals surface area (Å²) in [4.78, 5) is 23.0. The van der Waals surface area contributed by atoms with Crippen molar-refractivity contribution in [3.8, 4) is 0 Å². The minimum atomic E-state index is -1.16. The van der Waals surface area contributed by atoms with Crippen LogP contribution in [0.1, 0.15) is 46.1 Å². The van der Waals surface area contributed by atoms with E-state index >= 15 is 0 Å². The Hall–Kier alpha value is -2.28. The standard InChI is InChI=1S/C18H27N3O4/c1-11-6-7-12(19-15(22)23)8-14(11)20-16(24)25-13-9-17(2,3)21-18(4,5)10-13/h6-8,13,19,21H,9-10H2,1-5H3,(H,20,24)(H,22,23). The van der Waals surface area contributed by atoms with Crippen molar-refractivity contribution in [2.75, 3.05) is 10.6 Å². The number of aryl methyl sites for hydroxylation is 1. The Morgan fingerprint density at radius 2 is 1.76 bits per heavy atom. The molecular formula is C18H27N3O4. The predicted octanol–water partition coefficient (Wildman–Crippen LogP) is 3.94. The van der Waals surface area contributed by atoms with Crippen LogP contribution in [0.2, 0.25) is 0 Å². The lowest BCUT2D eigenvalue weighted by Crippen LogP contribution is -2.59. The van der Waals surface area contributed by atoms with Crippen molar-refractivity contribution in [3.63, 3.8) is 0 Å². The van der Waals surface area contributed by atoms with Crippen molar-refractivity contribution >= 4 is 23.6 Å². The van der Waals surface area contributed by atoms with Gasteiger partial charge in [-0.15, -0.1) is 0 Å². The fourth-order valence-corrected chi connectivity index (χ4v) is 3.56. The number of carbonyl (C=O) groups is 2. The van der Waals surface area contributed by atoms with Crippen molar-refractivity contribution < 1.29 is 19.4 Å². The van der Waals surface area contributed by atoms with Crippen LogP contribution in [0, 0.1) is 6.92 Å². The van der Waals surface area contributed by atoms with E-state index in [1.165, 1.54) is 0 Å². The first-order valence-corrected chi connectivity index (χ1v) is 8.33. The van der Waals surface area contributed by atoms with Crippen molar-refractivity contribution in [2.24, 2.45) is 0 Å². The minimum Gasteiger partial charge on any atom is -0.465 e. The first-order chi connectivity index (χ1) is 11.5. The second kappa shape index (κ2) is 6.92.